The summed E-state index contributed by atoms with van der Waals surface area (Å²) in [5.74, 6) is 0.286. The van der Waals surface area contributed by atoms with E-state index in [-0.39, 0.29) is 11.9 Å². The van der Waals surface area contributed by atoms with Crippen molar-refractivity contribution in [1.29, 1.82) is 0 Å². The first-order chi connectivity index (χ1) is 5.83. The zero-order valence-electron chi connectivity index (χ0n) is 8.05. The predicted octanol–water partition coefficient (Wildman–Crippen LogP) is 1.37. The van der Waals surface area contributed by atoms with E-state index in [2.05, 4.69) is 10.6 Å². The molecule has 0 bridgehead atoms. The molecule has 0 aromatic rings. The Morgan fingerprint density at radius 3 is 2.25 bits per heavy atom. The van der Waals surface area contributed by atoms with Gasteiger partial charge in [0.15, 0.2) is 0 Å². The molecule has 0 spiro atoms. The van der Waals surface area contributed by atoms with Crippen molar-refractivity contribution in [2.24, 2.45) is 0 Å². The third-order valence-corrected chi connectivity index (χ3v) is 1.50. The van der Waals surface area contributed by atoms with Crippen LogP contribution in [-0.4, -0.2) is 11.9 Å². The van der Waals surface area contributed by atoms with Gasteiger partial charge in [-0.1, -0.05) is 20.8 Å². The van der Waals surface area contributed by atoms with Gasteiger partial charge in [-0.25, -0.2) is 0 Å². The number of Topliss-reactive ketones (excluding diaryl/α,β-unsaturated/α-hetero) is 1. The Morgan fingerprint density at radius 2 is 1.83 bits per heavy atom. The van der Waals surface area contributed by atoms with Crippen molar-refractivity contribution < 1.29 is 4.79 Å². The molecule has 0 aliphatic carbocycles. The number of rotatable bonds is 3. The molecule has 1 heterocycles. The van der Waals surface area contributed by atoms with E-state index in [9.17, 15) is 4.79 Å². The smallest absolute Gasteiger partial charge is 0.136 e. The quantitative estimate of drug-likeness (QED) is 0.672. The van der Waals surface area contributed by atoms with E-state index in [1.54, 1.807) is 0 Å². The van der Waals surface area contributed by atoms with E-state index in [1.165, 1.54) is 0 Å². The lowest BCUT2D eigenvalue weighted by Gasteiger charge is -2.09. The molecule has 1 aliphatic rings. The van der Waals surface area contributed by atoms with E-state index in [0.717, 1.165) is 0 Å². The second-order valence-electron chi connectivity index (χ2n) is 2.32. The van der Waals surface area contributed by atoms with Gasteiger partial charge in [0.1, 0.15) is 11.9 Å². The molecular weight excluding hydrogens is 152 g/mol. The van der Waals surface area contributed by atoms with Crippen molar-refractivity contribution in [1.82, 2.24) is 10.6 Å². The lowest BCUT2D eigenvalue weighted by molar-refractivity contribution is -0.119. The van der Waals surface area contributed by atoms with Gasteiger partial charge in [0, 0.05) is 25.2 Å². The lowest BCUT2D eigenvalue weighted by Crippen LogP contribution is -2.32. The van der Waals surface area contributed by atoms with Gasteiger partial charge in [0.2, 0.25) is 0 Å². The lowest BCUT2D eigenvalue weighted by atomic mass is 10.2. The fraction of sp³-hybridized carbons (Fsp3) is 0.667. The molecule has 2 N–H and O–H groups in total. The van der Waals surface area contributed by atoms with Crippen molar-refractivity contribution in [3.63, 3.8) is 0 Å². The molecule has 0 saturated heterocycles. The van der Waals surface area contributed by atoms with E-state index in [0.29, 0.717) is 12.8 Å². The minimum atomic E-state index is 0.132. The summed E-state index contributed by atoms with van der Waals surface area (Å²) in [5.41, 5.74) is 0. The SMILES string of the molecule is CC.CCC(=O)CC1NC=CN1. The van der Waals surface area contributed by atoms with E-state index in [4.69, 9.17) is 0 Å². The average molecular weight is 170 g/mol. The van der Waals surface area contributed by atoms with Crippen molar-refractivity contribution in [3.05, 3.63) is 12.4 Å². The van der Waals surface area contributed by atoms with Gasteiger partial charge in [0.25, 0.3) is 0 Å². The highest BCUT2D eigenvalue weighted by atomic mass is 16.1. The van der Waals surface area contributed by atoms with Gasteiger partial charge >= 0.3 is 0 Å². The summed E-state index contributed by atoms with van der Waals surface area (Å²) in [6.07, 6.45) is 4.96. The fourth-order valence-corrected chi connectivity index (χ4v) is 0.867. The molecule has 0 atom stereocenters. The maximum atomic E-state index is 10.9. The molecular formula is C9H18N2O. The maximum Gasteiger partial charge on any atom is 0.136 e. The Hall–Kier alpha value is -0.990. The second kappa shape index (κ2) is 6.70. The molecule has 0 fully saturated rings. The van der Waals surface area contributed by atoms with Crippen LogP contribution in [0, 0.1) is 0 Å². The summed E-state index contributed by atoms with van der Waals surface area (Å²) in [6.45, 7) is 5.88. The zero-order valence-corrected chi connectivity index (χ0v) is 8.05. The normalized spacial score (nSPS) is 14.2. The average Bonchev–Trinajstić information content (AvgIpc) is 2.60. The van der Waals surface area contributed by atoms with E-state index >= 15 is 0 Å². The third-order valence-electron chi connectivity index (χ3n) is 1.50. The topological polar surface area (TPSA) is 41.1 Å². The molecule has 0 saturated carbocycles. The molecule has 0 amide bonds. The molecule has 70 valence electrons. The van der Waals surface area contributed by atoms with Crippen molar-refractivity contribution in [2.75, 3.05) is 0 Å². The van der Waals surface area contributed by atoms with Gasteiger partial charge in [-0.2, -0.15) is 0 Å². The highest BCUT2D eigenvalue weighted by Crippen LogP contribution is 1.96. The van der Waals surface area contributed by atoms with Crippen LogP contribution in [0.4, 0.5) is 0 Å². The van der Waals surface area contributed by atoms with Crippen LogP contribution in [0.1, 0.15) is 33.6 Å². The minimum Gasteiger partial charge on any atom is -0.370 e. The van der Waals surface area contributed by atoms with Crippen LogP contribution in [0.5, 0.6) is 0 Å². The summed E-state index contributed by atoms with van der Waals surface area (Å²) in [4.78, 5) is 10.9. The van der Waals surface area contributed by atoms with Crippen molar-refractivity contribution in [2.45, 2.75) is 39.8 Å². The number of hydrogen-bond acceptors (Lipinski definition) is 3. The van der Waals surface area contributed by atoms with Crippen LogP contribution in [0.25, 0.3) is 0 Å². The number of hydrogen-bond donors (Lipinski definition) is 2. The highest BCUT2D eigenvalue weighted by molar-refractivity contribution is 5.78. The molecule has 0 aromatic heterocycles. The first-order valence-corrected chi connectivity index (χ1v) is 4.51. The minimum absolute atomic E-state index is 0.132. The number of carbonyl (C=O) groups is 1. The van der Waals surface area contributed by atoms with Gasteiger partial charge in [-0.15, -0.1) is 0 Å². The summed E-state index contributed by atoms with van der Waals surface area (Å²) in [7, 11) is 0. The number of carbonyl (C=O) groups excluding carboxylic acids is 1. The highest BCUT2D eigenvalue weighted by Gasteiger charge is 2.10. The molecule has 1 rings (SSSR count). The van der Waals surface area contributed by atoms with Crippen molar-refractivity contribution in [3.8, 4) is 0 Å². The first kappa shape index (κ1) is 11.0. The molecule has 0 radical (unpaired) electrons. The Bertz CT molecular complexity index is 147. The van der Waals surface area contributed by atoms with E-state index < -0.39 is 0 Å². The van der Waals surface area contributed by atoms with E-state index in [1.807, 2.05) is 33.2 Å². The Morgan fingerprint density at radius 1 is 1.33 bits per heavy atom. The number of nitrogens with one attached hydrogen (secondary N) is 2. The monoisotopic (exact) mass is 170 g/mol. The molecule has 0 unspecified atom stereocenters. The largest absolute Gasteiger partial charge is 0.370 e. The van der Waals surface area contributed by atoms with Gasteiger partial charge in [-0.05, 0) is 0 Å². The standard InChI is InChI=1S/C7H12N2O.C2H6/c1-2-6(10)5-7-8-3-4-9-7;1-2/h3-4,7-9H,2,5H2,1H3;1-2H3. The Labute approximate surface area is 74.2 Å². The third kappa shape index (κ3) is 4.01. The van der Waals surface area contributed by atoms with Crippen molar-refractivity contribution >= 4 is 5.78 Å². The first-order valence-electron chi connectivity index (χ1n) is 4.51. The fourth-order valence-electron chi connectivity index (χ4n) is 0.867. The molecule has 12 heavy (non-hydrogen) atoms. The molecule has 1 aliphatic heterocycles. The van der Waals surface area contributed by atoms with Gasteiger partial charge in [0.05, 0.1) is 0 Å². The van der Waals surface area contributed by atoms with Crippen LogP contribution in [0.2, 0.25) is 0 Å². The second-order valence-corrected chi connectivity index (χ2v) is 2.32. The Balaban J connectivity index is 0.000000561. The van der Waals surface area contributed by atoms with Crippen LogP contribution < -0.4 is 10.6 Å². The summed E-state index contributed by atoms with van der Waals surface area (Å²) in [5, 5.41) is 6.02. The van der Waals surface area contributed by atoms with Gasteiger partial charge < -0.3 is 10.6 Å². The van der Waals surface area contributed by atoms with Crippen LogP contribution in [-0.2, 0) is 4.79 Å². The summed E-state index contributed by atoms with van der Waals surface area (Å²) in [6, 6.07) is 0. The molecule has 3 heteroatoms. The molecule has 3 nitrogen and oxygen atoms in total. The van der Waals surface area contributed by atoms with Crippen LogP contribution in [0.15, 0.2) is 12.4 Å². The Kier molecular flexibility index (Phi) is 6.15. The predicted molar refractivity (Wildman–Crippen MR) is 50.5 cm³/mol. The maximum absolute atomic E-state index is 10.9. The van der Waals surface area contributed by atoms with Crippen LogP contribution in [0.3, 0.4) is 0 Å². The zero-order chi connectivity index (χ0) is 9.40. The number of ketones is 1. The van der Waals surface area contributed by atoms with Gasteiger partial charge in [-0.3, -0.25) is 4.79 Å². The summed E-state index contributed by atoms with van der Waals surface area (Å²) < 4.78 is 0. The molecule has 0 aromatic carbocycles. The summed E-state index contributed by atoms with van der Waals surface area (Å²) >= 11 is 0. The van der Waals surface area contributed by atoms with Crippen LogP contribution >= 0.6 is 0 Å².